The SMILES string of the molecule is C1=CCC2=Cc3ccccc3NC2=C1. The molecule has 1 aliphatic carbocycles. The van der Waals surface area contributed by atoms with Crippen molar-refractivity contribution in [1.29, 1.82) is 0 Å². The maximum Gasteiger partial charge on any atom is 0.0458 e. The average molecular weight is 181 g/mol. The molecule has 1 aliphatic heterocycles. The molecule has 0 saturated heterocycles. The van der Waals surface area contributed by atoms with E-state index in [2.05, 4.69) is 53.9 Å². The van der Waals surface area contributed by atoms with Gasteiger partial charge in [-0.15, -0.1) is 0 Å². The first-order valence-electron chi connectivity index (χ1n) is 4.87. The molecule has 1 aromatic carbocycles. The van der Waals surface area contributed by atoms with Crippen LogP contribution in [0, 0.1) is 0 Å². The molecule has 0 radical (unpaired) electrons. The molecule has 0 fully saturated rings. The number of fused-ring (bicyclic) bond motifs is 2. The Morgan fingerprint density at radius 3 is 3.07 bits per heavy atom. The lowest BCUT2D eigenvalue weighted by atomic mass is 9.96. The molecule has 0 amide bonds. The molecule has 2 aliphatic rings. The molecular weight excluding hydrogens is 170 g/mol. The first kappa shape index (κ1) is 7.63. The third-order valence-corrected chi connectivity index (χ3v) is 2.64. The van der Waals surface area contributed by atoms with E-state index in [0.29, 0.717) is 0 Å². The highest BCUT2D eigenvalue weighted by molar-refractivity contribution is 5.78. The van der Waals surface area contributed by atoms with Crippen molar-refractivity contribution < 1.29 is 0 Å². The van der Waals surface area contributed by atoms with Crippen LogP contribution in [0.5, 0.6) is 0 Å². The molecule has 3 rings (SSSR count). The quantitative estimate of drug-likeness (QED) is 0.647. The second kappa shape index (κ2) is 2.88. The molecule has 0 saturated carbocycles. The molecule has 0 spiro atoms. The van der Waals surface area contributed by atoms with Gasteiger partial charge >= 0.3 is 0 Å². The Balaban J connectivity index is 2.15. The van der Waals surface area contributed by atoms with Crippen LogP contribution in [0.1, 0.15) is 12.0 Å². The first-order chi connectivity index (χ1) is 6.93. The minimum Gasteiger partial charge on any atom is -0.355 e. The molecule has 0 unspecified atom stereocenters. The van der Waals surface area contributed by atoms with Gasteiger partial charge in [0.2, 0.25) is 0 Å². The van der Waals surface area contributed by atoms with Crippen LogP contribution in [0.4, 0.5) is 5.69 Å². The lowest BCUT2D eigenvalue weighted by molar-refractivity contribution is 1.18. The monoisotopic (exact) mass is 181 g/mol. The summed E-state index contributed by atoms with van der Waals surface area (Å²) in [6.07, 6.45) is 9.72. The second-order valence-corrected chi connectivity index (χ2v) is 3.59. The predicted molar refractivity (Wildman–Crippen MR) is 59.9 cm³/mol. The van der Waals surface area contributed by atoms with Crippen LogP contribution < -0.4 is 5.32 Å². The summed E-state index contributed by atoms with van der Waals surface area (Å²) in [5.41, 5.74) is 5.12. The van der Waals surface area contributed by atoms with Gasteiger partial charge in [0, 0.05) is 11.4 Å². The van der Waals surface area contributed by atoms with Gasteiger partial charge in [-0.2, -0.15) is 0 Å². The van der Waals surface area contributed by atoms with Crippen molar-refractivity contribution in [2.75, 3.05) is 5.32 Å². The fourth-order valence-electron chi connectivity index (χ4n) is 1.90. The molecule has 1 nitrogen and oxygen atoms in total. The maximum absolute atomic E-state index is 3.44. The Bertz CT molecular complexity index is 464. The minimum absolute atomic E-state index is 1.03. The number of nitrogens with one attached hydrogen (secondary N) is 1. The smallest absolute Gasteiger partial charge is 0.0458 e. The summed E-state index contributed by atoms with van der Waals surface area (Å²) in [7, 11) is 0. The molecule has 0 atom stereocenters. The van der Waals surface area contributed by atoms with Crippen molar-refractivity contribution in [3.63, 3.8) is 0 Å². The van der Waals surface area contributed by atoms with Crippen molar-refractivity contribution in [2.24, 2.45) is 0 Å². The summed E-state index contributed by atoms with van der Waals surface area (Å²) in [6.45, 7) is 0. The Morgan fingerprint density at radius 2 is 2.07 bits per heavy atom. The summed E-state index contributed by atoms with van der Waals surface area (Å²) in [4.78, 5) is 0. The number of para-hydroxylation sites is 1. The molecule has 0 aromatic heterocycles. The van der Waals surface area contributed by atoms with Gasteiger partial charge in [-0.3, -0.25) is 0 Å². The standard InChI is InChI=1S/C13H11N/c1-3-7-12-10(5-1)9-11-6-2-4-8-13(11)14-12/h1-5,7-9,14H,6H2. The zero-order valence-corrected chi connectivity index (χ0v) is 7.83. The van der Waals surface area contributed by atoms with E-state index in [1.54, 1.807) is 0 Å². The summed E-state index contributed by atoms with van der Waals surface area (Å²) >= 11 is 0. The number of benzene rings is 1. The van der Waals surface area contributed by atoms with E-state index in [0.717, 1.165) is 6.42 Å². The van der Waals surface area contributed by atoms with Gasteiger partial charge in [-0.1, -0.05) is 30.4 Å². The van der Waals surface area contributed by atoms with Crippen molar-refractivity contribution in [2.45, 2.75) is 6.42 Å². The second-order valence-electron chi connectivity index (χ2n) is 3.59. The number of rotatable bonds is 0. The highest BCUT2D eigenvalue weighted by atomic mass is 14.9. The Morgan fingerprint density at radius 1 is 1.14 bits per heavy atom. The zero-order valence-electron chi connectivity index (χ0n) is 7.83. The molecule has 1 heterocycles. The van der Waals surface area contributed by atoms with E-state index in [1.165, 1.54) is 22.5 Å². The highest BCUT2D eigenvalue weighted by Gasteiger charge is 2.13. The van der Waals surface area contributed by atoms with Crippen LogP contribution in [0.25, 0.3) is 6.08 Å². The largest absolute Gasteiger partial charge is 0.355 e. The Kier molecular flexibility index (Phi) is 1.57. The van der Waals surface area contributed by atoms with Gasteiger partial charge in [-0.05, 0) is 35.8 Å². The summed E-state index contributed by atoms with van der Waals surface area (Å²) < 4.78 is 0. The Labute approximate surface area is 83.5 Å². The minimum atomic E-state index is 1.03. The van der Waals surface area contributed by atoms with E-state index < -0.39 is 0 Å². The van der Waals surface area contributed by atoms with E-state index in [4.69, 9.17) is 0 Å². The van der Waals surface area contributed by atoms with Crippen LogP contribution in [0.2, 0.25) is 0 Å². The van der Waals surface area contributed by atoms with Crippen molar-refractivity contribution >= 4 is 11.8 Å². The van der Waals surface area contributed by atoms with E-state index in [9.17, 15) is 0 Å². The third-order valence-electron chi connectivity index (χ3n) is 2.64. The third kappa shape index (κ3) is 1.10. The molecular formula is C13H11N. The lowest BCUT2D eigenvalue weighted by Gasteiger charge is -2.22. The molecule has 0 bridgehead atoms. The van der Waals surface area contributed by atoms with Crippen LogP contribution in [0.3, 0.4) is 0 Å². The van der Waals surface area contributed by atoms with Gasteiger partial charge in [0.25, 0.3) is 0 Å². The molecule has 14 heavy (non-hydrogen) atoms. The number of hydrogen-bond acceptors (Lipinski definition) is 1. The van der Waals surface area contributed by atoms with E-state index in [-0.39, 0.29) is 0 Å². The van der Waals surface area contributed by atoms with Crippen LogP contribution in [-0.4, -0.2) is 0 Å². The average Bonchev–Trinajstić information content (AvgIpc) is 2.26. The van der Waals surface area contributed by atoms with Crippen LogP contribution >= 0.6 is 0 Å². The van der Waals surface area contributed by atoms with E-state index in [1.807, 2.05) is 0 Å². The summed E-state index contributed by atoms with van der Waals surface area (Å²) in [6, 6.07) is 8.39. The van der Waals surface area contributed by atoms with Gasteiger partial charge in [0.1, 0.15) is 0 Å². The maximum atomic E-state index is 3.44. The lowest BCUT2D eigenvalue weighted by Crippen LogP contribution is -2.09. The highest BCUT2D eigenvalue weighted by Crippen LogP contribution is 2.32. The molecule has 68 valence electrons. The zero-order chi connectivity index (χ0) is 9.38. The first-order valence-corrected chi connectivity index (χ1v) is 4.87. The topological polar surface area (TPSA) is 12.0 Å². The van der Waals surface area contributed by atoms with Crippen LogP contribution in [0.15, 0.2) is 53.8 Å². The normalized spacial score (nSPS) is 17.4. The van der Waals surface area contributed by atoms with Gasteiger partial charge in [0.15, 0.2) is 0 Å². The van der Waals surface area contributed by atoms with Gasteiger partial charge in [-0.25, -0.2) is 0 Å². The number of allylic oxidation sites excluding steroid dienone is 4. The van der Waals surface area contributed by atoms with Crippen LogP contribution in [-0.2, 0) is 0 Å². The van der Waals surface area contributed by atoms with Crippen molar-refractivity contribution in [1.82, 2.24) is 0 Å². The van der Waals surface area contributed by atoms with Crippen molar-refractivity contribution in [3.8, 4) is 0 Å². The summed E-state index contributed by atoms with van der Waals surface area (Å²) in [5, 5.41) is 3.44. The van der Waals surface area contributed by atoms with Gasteiger partial charge < -0.3 is 5.32 Å². The molecule has 1 N–H and O–H groups in total. The van der Waals surface area contributed by atoms with E-state index >= 15 is 0 Å². The molecule has 1 aromatic rings. The molecule has 1 heteroatoms. The fourth-order valence-corrected chi connectivity index (χ4v) is 1.90. The number of anilines is 1. The fraction of sp³-hybridized carbons (Fsp3) is 0.0769. The van der Waals surface area contributed by atoms with Crippen molar-refractivity contribution in [3.05, 3.63) is 59.3 Å². The summed E-state index contributed by atoms with van der Waals surface area (Å²) in [5.74, 6) is 0. The Hall–Kier alpha value is -1.76. The van der Waals surface area contributed by atoms with Gasteiger partial charge in [0.05, 0.1) is 0 Å². The predicted octanol–water partition coefficient (Wildman–Crippen LogP) is 3.34. The number of hydrogen-bond donors (Lipinski definition) is 1.